The number of esters is 1. The van der Waals surface area contributed by atoms with Crippen LogP contribution in [0.4, 0.5) is 0 Å². The molecule has 0 N–H and O–H groups in total. The van der Waals surface area contributed by atoms with Gasteiger partial charge in [-0.15, -0.1) is 0 Å². The second-order valence-corrected chi connectivity index (χ2v) is 5.75. The molecular formula is C21H16O2. The van der Waals surface area contributed by atoms with E-state index in [1.165, 1.54) is 22.3 Å². The molecule has 0 spiro atoms. The number of fused-ring (bicyclic) bond motifs is 4. The van der Waals surface area contributed by atoms with Gasteiger partial charge in [0.15, 0.2) is 0 Å². The Morgan fingerprint density at radius 2 is 1.13 bits per heavy atom. The first-order valence-corrected chi connectivity index (χ1v) is 7.76. The maximum Gasteiger partial charge on any atom is 0.315 e. The molecule has 3 aromatic rings. The highest BCUT2D eigenvalue weighted by atomic mass is 16.5. The molecule has 1 aliphatic carbocycles. The van der Waals surface area contributed by atoms with Gasteiger partial charge < -0.3 is 4.74 Å². The summed E-state index contributed by atoms with van der Waals surface area (Å²) in [5, 5.41) is 0. The Morgan fingerprint density at radius 3 is 1.74 bits per heavy atom. The van der Waals surface area contributed by atoms with E-state index >= 15 is 0 Å². The van der Waals surface area contributed by atoms with Crippen LogP contribution < -0.4 is 4.74 Å². The number of hydrogen-bond acceptors (Lipinski definition) is 2. The van der Waals surface area contributed by atoms with Crippen molar-refractivity contribution in [3.8, 4) is 16.9 Å². The highest BCUT2D eigenvalue weighted by Crippen LogP contribution is 2.35. The van der Waals surface area contributed by atoms with Gasteiger partial charge in [0.05, 0.1) is 6.42 Å². The zero-order valence-electron chi connectivity index (χ0n) is 12.7. The standard InChI is InChI=1S/C13H10.C8H6O2/c1-3-7-12-10(5-1)9-11-6-2-4-8-13(11)12;9-8-5-6-3-1-2-4-7(6)10-8/h1-8H,9H2;1-4H,5H2. The molecule has 0 amide bonds. The van der Waals surface area contributed by atoms with Gasteiger partial charge >= 0.3 is 5.97 Å². The van der Waals surface area contributed by atoms with Crippen LogP contribution in [0, 0.1) is 0 Å². The molecule has 0 aromatic heterocycles. The number of ether oxygens (including phenoxy) is 1. The predicted octanol–water partition coefficient (Wildman–Crippen LogP) is 4.41. The van der Waals surface area contributed by atoms with Crippen molar-refractivity contribution >= 4 is 5.97 Å². The van der Waals surface area contributed by atoms with Crippen LogP contribution in [-0.2, 0) is 17.6 Å². The summed E-state index contributed by atoms with van der Waals surface area (Å²) < 4.78 is 4.87. The van der Waals surface area contributed by atoms with Crippen molar-refractivity contribution < 1.29 is 9.53 Å². The fourth-order valence-electron chi connectivity index (χ4n) is 3.14. The number of carbonyl (C=O) groups excluding carboxylic acids is 1. The number of para-hydroxylation sites is 1. The summed E-state index contributed by atoms with van der Waals surface area (Å²) in [6, 6.07) is 24.8. The van der Waals surface area contributed by atoms with Crippen molar-refractivity contribution in [1.82, 2.24) is 0 Å². The molecule has 1 aliphatic heterocycles. The summed E-state index contributed by atoms with van der Waals surface area (Å²) >= 11 is 0. The Morgan fingerprint density at radius 1 is 0.609 bits per heavy atom. The smallest absolute Gasteiger partial charge is 0.315 e. The van der Waals surface area contributed by atoms with E-state index in [-0.39, 0.29) is 5.97 Å². The molecular weight excluding hydrogens is 284 g/mol. The fourth-order valence-corrected chi connectivity index (χ4v) is 3.14. The van der Waals surface area contributed by atoms with Gasteiger partial charge in [0.25, 0.3) is 0 Å². The zero-order chi connectivity index (χ0) is 15.6. The Balaban J connectivity index is 0.000000122. The average molecular weight is 300 g/mol. The van der Waals surface area contributed by atoms with Crippen LogP contribution in [0.2, 0.25) is 0 Å². The third-order valence-corrected chi connectivity index (χ3v) is 4.24. The molecule has 112 valence electrons. The maximum absolute atomic E-state index is 10.7. The minimum absolute atomic E-state index is 0.152. The van der Waals surface area contributed by atoms with Gasteiger partial charge in [-0.05, 0) is 34.7 Å². The lowest BCUT2D eigenvalue weighted by molar-refractivity contribution is -0.131. The maximum atomic E-state index is 10.7. The average Bonchev–Trinajstić information content (AvgIpc) is 3.14. The molecule has 23 heavy (non-hydrogen) atoms. The molecule has 0 saturated heterocycles. The largest absolute Gasteiger partial charge is 0.426 e. The zero-order valence-corrected chi connectivity index (χ0v) is 12.7. The normalized spacial score (nSPS) is 13.3. The van der Waals surface area contributed by atoms with Crippen molar-refractivity contribution in [2.24, 2.45) is 0 Å². The van der Waals surface area contributed by atoms with E-state index in [9.17, 15) is 4.79 Å². The van der Waals surface area contributed by atoms with Crippen molar-refractivity contribution in [3.63, 3.8) is 0 Å². The van der Waals surface area contributed by atoms with Gasteiger partial charge in [0.2, 0.25) is 0 Å². The highest BCUT2D eigenvalue weighted by Gasteiger charge is 2.18. The Labute approximate surface area is 135 Å². The molecule has 0 atom stereocenters. The van der Waals surface area contributed by atoms with Crippen LogP contribution in [-0.4, -0.2) is 5.97 Å². The van der Waals surface area contributed by atoms with E-state index in [4.69, 9.17) is 4.74 Å². The summed E-state index contributed by atoms with van der Waals surface area (Å²) in [6.45, 7) is 0. The Hall–Kier alpha value is -2.87. The fraction of sp³-hybridized carbons (Fsp3) is 0.0952. The van der Waals surface area contributed by atoms with Gasteiger partial charge in [-0.2, -0.15) is 0 Å². The highest BCUT2D eigenvalue weighted by molar-refractivity contribution is 5.80. The van der Waals surface area contributed by atoms with Gasteiger partial charge in [0, 0.05) is 5.56 Å². The first-order chi connectivity index (χ1) is 11.3. The minimum Gasteiger partial charge on any atom is -0.426 e. The molecule has 5 rings (SSSR count). The number of hydrogen-bond donors (Lipinski definition) is 0. The molecule has 0 bridgehead atoms. The van der Waals surface area contributed by atoms with E-state index in [2.05, 4.69) is 48.5 Å². The molecule has 2 aliphatic rings. The molecule has 2 nitrogen and oxygen atoms in total. The Bertz CT molecular complexity index is 810. The summed E-state index contributed by atoms with van der Waals surface area (Å²) in [7, 11) is 0. The summed E-state index contributed by atoms with van der Waals surface area (Å²) in [5.41, 5.74) is 6.75. The summed E-state index contributed by atoms with van der Waals surface area (Å²) in [5.74, 6) is 0.564. The Kier molecular flexibility index (Phi) is 3.43. The lowest BCUT2D eigenvalue weighted by Gasteiger charge is -1.98. The third-order valence-electron chi connectivity index (χ3n) is 4.24. The summed E-state index contributed by atoms with van der Waals surface area (Å²) in [6.07, 6.45) is 1.53. The molecule has 0 unspecified atom stereocenters. The summed E-state index contributed by atoms with van der Waals surface area (Å²) in [4.78, 5) is 10.7. The van der Waals surface area contributed by atoms with E-state index in [0.29, 0.717) is 12.2 Å². The molecule has 0 fully saturated rings. The van der Waals surface area contributed by atoms with E-state index in [1.807, 2.05) is 18.2 Å². The van der Waals surface area contributed by atoms with Crippen LogP contribution in [0.5, 0.6) is 5.75 Å². The molecule has 1 heterocycles. The first kappa shape index (κ1) is 13.8. The van der Waals surface area contributed by atoms with Crippen LogP contribution >= 0.6 is 0 Å². The van der Waals surface area contributed by atoms with Crippen LogP contribution in [0.25, 0.3) is 11.1 Å². The van der Waals surface area contributed by atoms with E-state index < -0.39 is 0 Å². The van der Waals surface area contributed by atoms with Crippen molar-refractivity contribution in [2.45, 2.75) is 12.8 Å². The van der Waals surface area contributed by atoms with Crippen LogP contribution in [0.1, 0.15) is 16.7 Å². The molecule has 0 saturated carbocycles. The van der Waals surface area contributed by atoms with E-state index in [0.717, 1.165) is 12.0 Å². The number of benzene rings is 3. The van der Waals surface area contributed by atoms with Gasteiger partial charge in [-0.1, -0.05) is 66.7 Å². The minimum atomic E-state index is -0.152. The van der Waals surface area contributed by atoms with Crippen molar-refractivity contribution in [3.05, 3.63) is 89.5 Å². The number of carbonyl (C=O) groups is 1. The quantitative estimate of drug-likeness (QED) is 0.355. The first-order valence-electron chi connectivity index (χ1n) is 7.76. The van der Waals surface area contributed by atoms with Crippen LogP contribution in [0.3, 0.4) is 0 Å². The second-order valence-electron chi connectivity index (χ2n) is 5.75. The third kappa shape index (κ3) is 2.64. The lowest BCUT2D eigenvalue weighted by Crippen LogP contribution is -1.99. The topological polar surface area (TPSA) is 26.3 Å². The predicted molar refractivity (Wildman–Crippen MR) is 90.5 cm³/mol. The lowest BCUT2D eigenvalue weighted by atomic mass is 10.1. The molecule has 2 heteroatoms. The van der Waals surface area contributed by atoms with Crippen molar-refractivity contribution in [1.29, 1.82) is 0 Å². The van der Waals surface area contributed by atoms with Crippen molar-refractivity contribution in [2.75, 3.05) is 0 Å². The SMILES string of the molecule is O=C1Cc2ccccc2O1.c1ccc2c(c1)Cc1ccccc1-2. The van der Waals surface area contributed by atoms with Gasteiger partial charge in [-0.25, -0.2) is 0 Å². The van der Waals surface area contributed by atoms with Crippen LogP contribution in [0.15, 0.2) is 72.8 Å². The molecule has 3 aromatic carbocycles. The number of rotatable bonds is 0. The second kappa shape index (κ2) is 5.73. The monoisotopic (exact) mass is 300 g/mol. The van der Waals surface area contributed by atoms with Gasteiger partial charge in [0.1, 0.15) is 5.75 Å². The molecule has 0 radical (unpaired) electrons. The van der Waals surface area contributed by atoms with Gasteiger partial charge in [-0.3, -0.25) is 4.79 Å². The van der Waals surface area contributed by atoms with E-state index in [1.54, 1.807) is 6.07 Å².